The Hall–Kier alpha value is -3.13. The summed E-state index contributed by atoms with van der Waals surface area (Å²) in [5.41, 5.74) is 1.64. The molecule has 2 N–H and O–H groups in total. The second kappa shape index (κ2) is 7.85. The van der Waals surface area contributed by atoms with Crippen LogP contribution in [0.2, 0.25) is 0 Å². The van der Waals surface area contributed by atoms with E-state index in [0.29, 0.717) is 18.3 Å². The Bertz CT molecular complexity index is 969. The van der Waals surface area contributed by atoms with Crippen molar-refractivity contribution in [2.75, 3.05) is 23.4 Å². The van der Waals surface area contributed by atoms with Gasteiger partial charge in [0.25, 0.3) is 0 Å². The van der Waals surface area contributed by atoms with Crippen LogP contribution in [-0.2, 0) is 4.79 Å². The van der Waals surface area contributed by atoms with Gasteiger partial charge in [0.1, 0.15) is 5.75 Å². The van der Waals surface area contributed by atoms with Crippen molar-refractivity contribution in [1.29, 1.82) is 0 Å². The van der Waals surface area contributed by atoms with Gasteiger partial charge in [-0.05, 0) is 43.3 Å². The van der Waals surface area contributed by atoms with Crippen LogP contribution in [0, 0.1) is 0 Å². The fourth-order valence-corrected chi connectivity index (χ4v) is 4.05. The zero-order chi connectivity index (χ0) is 19.5. The molecule has 2 heterocycles. The molecule has 0 saturated carbocycles. The predicted octanol–water partition coefficient (Wildman–Crippen LogP) is 3.62. The second-order valence-electron chi connectivity index (χ2n) is 6.42. The summed E-state index contributed by atoms with van der Waals surface area (Å²) in [6.07, 6.45) is 0.264. The molecule has 0 aliphatic carbocycles. The van der Waals surface area contributed by atoms with Gasteiger partial charge < -0.3 is 15.0 Å². The number of para-hydroxylation sites is 1. The fraction of sp³-hybridized carbons (Fsp3) is 0.250. The summed E-state index contributed by atoms with van der Waals surface area (Å²) in [7, 11) is 0. The Morgan fingerprint density at radius 3 is 2.79 bits per heavy atom. The van der Waals surface area contributed by atoms with Crippen molar-refractivity contribution in [1.82, 2.24) is 10.3 Å². The summed E-state index contributed by atoms with van der Waals surface area (Å²) in [6, 6.07) is 14.5. The van der Waals surface area contributed by atoms with Crippen LogP contribution in [0.15, 0.2) is 48.5 Å². The third kappa shape index (κ3) is 3.91. The molecule has 0 unspecified atom stereocenters. The van der Waals surface area contributed by atoms with E-state index in [0.717, 1.165) is 21.7 Å². The molecule has 0 radical (unpaired) electrons. The predicted molar refractivity (Wildman–Crippen MR) is 110 cm³/mol. The van der Waals surface area contributed by atoms with Crippen LogP contribution in [-0.4, -0.2) is 36.1 Å². The molecular weight excluding hydrogens is 376 g/mol. The first kappa shape index (κ1) is 18.2. The average Bonchev–Trinajstić information content (AvgIpc) is 3.25. The minimum Gasteiger partial charge on any atom is -0.494 e. The van der Waals surface area contributed by atoms with Gasteiger partial charge in [0.15, 0.2) is 5.13 Å². The molecule has 144 valence electrons. The number of rotatable bonds is 5. The summed E-state index contributed by atoms with van der Waals surface area (Å²) in [5, 5.41) is 6.16. The number of ether oxygens (including phenoxy) is 1. The smallest absolute Gasteiger partial charge is 0.321 e. The summed E-state index contributed by atoms with van der Waals surface area (Å²) in [4.78, 5) is 30.7. The Labute approximate surface area is 166 Å². The van der Waals surface area contributed by atoms with Gasteiger partial charge in [0.2, 0.25) is 5.91 Å². The second-order valence-corrected chi connectivity index (χ2v) is 7.45. The normalized spacial score (nSPS) is 16.4. The quantitative estimate of drug-likeness (QED) is 0.690. The lowest BCUT2D eigenvalue weighted by molar-refractivity contribution is -0.117. The number of nitrogens with one attached hydrogen (secondary N) is 2. The Morgan fingerprint density at radius 2 is 2.04 bits per heavy atom. The molecule has 28 heavy (non-hydrogen) atoms. The van der Waals surface area contributed by atoms with E-state index in [1.165, 1.54) is 11.3 Å². The van der Waals surface area contributed by atoms with Crippen LogP contribution >= 0.6 is 11.3 Å². The first-order valence-corrected chi connectivity index (χ1v) is 9.90. The molecule has 4 rings (SSSR count). The lowest BCUT2D eigenvalue weighted by atomic mass is 10.2. The van der Waals surface area contributed by atoms with Gasteiger partial charge in [-0.15, -0.1) is 0 Å². The molecular formula is C20H20N4O3S. The number of amides is 3. The van der Waals surface area contributed by atoms with E-state index in [1.807, 2.05) is 55.5 Å². The number of nitrogens with zero attached hydrogens (tertiary/aromatic N) is 2. The molecule has 0 bridgehead atoms. The topological polar surface area (TPSA) is 83.6 Å². The first-order chi connectivity index (χ1) is 13.6. The summed E-state index contributed by atoms with van der Waals surface area (Å²) < 4.78 is 6.44. The number of hydrogen-bond donors (Lipinski definition) is 2. The highest BCUT2D eigenvalue weighted by molar-refractivity contribution is 7.22. The van der Waals surface area contributed by atoms with E-state index in [-0.39, 0.29) is 24.4 Å². The van der Waals surface area contributed by atoms with E-state index in [1.54, 1.807) is 4.90 Å². The molecule has 3 amide bonds. The number of hydrogen-bond acceptors (Lipinski definition) is 5. The zero-order valence-corrected chi connectivity index (χ0v) is 16.2. The van der Waals surface area contributed by atoms with Gasteiger partial charge in [-0.1, -0.05) is 23.5 Å². The van der Waals surface area contributed by atoms with E-state index in [9.17, 15) is 9.59 Å². The molecule has 1 saturated heterocycles. The minimum absolute atomic E-state index is 0.0190. The summed E-state index contributed by atoms with van der Waals surface area (Å²) in [5.74, 6) is 0.747. The van der Waals surface area contributed by atoms with Crippen LogP contribution in [0.1, 0.15) is 13.3 Å². The number of aromatic nitrogens is 1. The monoisotopic (exact) mass is 396 g/mol. The van der Waals surface area contributed by atoms with Crippen molar-refractivity contribution >= 4 is 44.3 Å². The van der Waals surface area contributed by atoms with Gasteiger partial charge >= 0.3 is 6.03 Å². The van der Waals surface area contributed by atoms with Crippen LogP contribution < -0.4 is 20.3 Å². The van der Waals surface area contributed by atoms with Crippen molar-refractivity contribution in [3.8, 4) is 5.75 Å². The van der Waals surface area contributed by atoms with Gasteiger partial charge in [0.05, 0.1) is 22.9 Å². The molecule has 1 aliphatic rings. The molecule has 8 heteroatoms. The van der Waals surface area contributed by atoms with Crippen molar-refractivity contribution in [3.63, 3.8) is 0 Å². The highest BCUT2D eigenvalue weighted by atomic mass is 32.1. The Morgan fingerprint density at radius 1 is 1.25 bits per heavy atom. The maximum Gasteiger partial charge on any atom is 0.321 e. The molecule has 1 aliphatic heterocycles. The third-order valence-electron chi connectivity index (χ3n) is 4.43. The van der Waals surface area contributed by atoms with Crippen molar-refractivity contribution < 1.29 is 14.3 Å². The molecule has 2 aromatic carbocycles. The number of carbonyl (C=O) groups excluding carboxylic acids is 2. The number of carbonyl (C=O) groups is 2. The van der Waals surface area contributed by atoms with E-state index in [2.05, 4.69) is 15.6 Å². The summed E-state index contributed by atoms with van der Waals surface area (Å²) in [6.45, 7) is 2.95. The number of thiazole rings is 1. The molecule has 1 aromatic heterocycles. The fourth-order valence-electron chi connectivity index (χ4n) is 3.19. The Balaban J connectivity index is 1.36. The van der Waals surface area contributed by atoms with E-state index in [4.69, 9.17) is 4.74 Å². The number of anilines is 2. The van der Waals surface area contributed by atoms with Crippen molar-refractivity contribution in [2.45, 2.75) is 19.4 Å². The van der Waals surface area contributed by atoms with E-state index >= 15 is 0 Å². The van der Waals surface area contributed by atoms with Gasteiger partial charge in [-0.2, -0.15) is 0 Å². The maximum atomic E-state index is 12.4. The molecule has 0 spiro atoms. The number of fused-ring (bicyclic) bond motifs is 1. The number of benzene rings is 2. The largest absolute Gasteiger partial charge is 0.494 e. The van der Waals surface area contributed by atoms with Crippen LogP contribution in [0.5, 0.6) is 5.75 Å². The van der Waals surface area contributed by atoms with Gasteiger partial charge in [-0.25, -0.2) is 9.78 Å². The minimum atomic E-state index is -0.356. The van der Waals surface area contributed by atoms with Gasteiger partial charge in [0, 0.05) is 18.7 Å². The van der Waals surface area contributed by atoms with E-state index < -0.39 is 0 Å². The summed E-state index contributed by atoms with van der Waals surface area (Å²) >= 11 is 1.41. The molecule has 1 atom stereocenters. The average molecular weight is 396 g/mol. The molecule has 3 aromatic rings. The van der Waals surface area contributed by atoms with Crippen molar-refractivity contribution in [3.05, 3.63) is 48.5 Å². The van der Waals surface area contributed by atoms with Crippen LogP contribution in [0.3, 0.4) is 0 Å². The molecule has 1 fully saturated rings. The van der Waals surface area contributed by atoms with Crippen molar-refractivity contribution in [2.24, 2.45) is 0 Å². The lowest BCUT2D eigenvalue weighted by Crippen LogP contribution is -2.39. The zero-order valence-electron chi connectivity index (χ0n) is 15.3. The standard InChI is InChI=1S/C20H20N4O3S/c1-2-27-15-9-7-14(8-10-15)24-12-13(11-18(24)25)21-19(26)23-20-22-16-5-3-4-6-17(16)28-20/h3-10,13H,2,11-12H2,1H3,(H2,21,22,23,26)/t13-/m1/s1. The van der Waals surface area contributed by atoms with Crippen LogP contribution in [0.25, 0.3) is 10.2 Å². The SMILES string of the molecule is CCOc1ccc(N2C[C@H](NC(=O)Nc3nc4ccccc4s3)CC2=O)cc1. The highest BCUT2D eigenvalue weighted by Gasteiger charge is 2.31. The third-order valence-corrected chi connectivity index (χ3v) is 5.39. The number of urea groups is 1. The first-order valence-electron chi connectivity index (χ1n) is 9.08. The van der Waals surface area contributed by atoms with Crippen LogP contribution in [0.4, 0.5) is 15.6 Å². The maximum absolute atomic E-state index is 12.4. The highest BCUT2D eigenvalue weighted by Crippen LogP contribution is 2.26. The van der Waals surface area contributed by atoms with Gasteiger partial charge in [-0.3, -0.25) is 10.1 Å². The Kier molecular flexibility index (Phi) is 5.12. The molecule has 7 nitrogen and oxygen atoms in total. The lowest BCUT2D eigenvalue weighted by Gasteiger charge is -2.17.